The first-order chi connectivity index (χ1) is 18.3. The standard InChI is InChI=1S/C23H26ClN7O6S/c1-12-13(10-25)16(24)17(27-12)20(32)28-14-4-6-31(11-15(14)36-3)22-29-18(21(38-22)37-23(33)34)19-26-5-7-30(19)8-9-35-2/h5,7,14-15,27H,4,6,8-9,11H2,1-3H3,(H,28,32)(H,33,34)/t14-,15+/m1/s1. The minimum Gasteiger partial charge on any atom is -0.449 e. The molecular weight excluding hydrogens is 538 g/mol. The number of anilines is 1. The summed E-state index contributed by atoms with van der Waals surface area (Å²) in [6.45, 7) is 3.49. The fourth-order valence-electron chi connectivity index (χ4n) is 4.24. The number of carboxylic acid groups (broad SMARTS) is 1. The maximum absolute atomic E-state index is 12.9. The van der Waals surface area contributed by atoms with Crippen molar-refractivity contribution in [2.24, 2.45) is 0 Å². The van der Waals surface area contributed by atoms with E-state index in [1.54, 1.807) is 33.5 Å². The van der Waals surface area contributed by atoms with E-state index in [2.05, 4.69) is 20.3 Å². The quantitative estimate of drug-likeness (QED) is 0.329. The summed E-state index contributed by atoms with van der Waals surface area (Å²) in [6.07, 6.45) is 2.01. The Labute approximate surface area is 226 Å². The Balaban J connectivity index is 1.53. The fourth-order valence-corrected chi connectivity index (χ4v) is 5.50. The Morgan fingerprint density at radius 3 is 2.87 bits per heavy atom. The summed E-state index contributed by atoms with van der Waals surface area (Å²) in [5.74, 6) is 0.0257. The number of nitrogens with one attached hydrogen (secondary N) is 2. The number of ether oxygens (including phenoxy) is 3. The lowest BCUT2D eigenvalue weighted by atomic mass is 10.0. The molecule has 3 aromatic heterocycles. The Kier molecular flexibility index (Phi) is 8.52. The molecule has 1 amide bonds. The summed E-state index contributed by atoms with van der Waals surface area (Å²) in [4.78, 5) is 38.1. The first-order valence-corrected chi connectivity index (χ1v) is 12.8. The van der Waals surface area contributed by atoms with Gasteiger partial charge in [-0.2, -0.15) is 5.26 Å². The van der Waals surface area contributed by atoms with Gasteiger partial charge in [0.05, 0.1) is 29.3 Å². The lowest BCUT2D eigenvalue weighted by molar-refractivity contribution is 0.0540. The molecule has 3 aromatic rings. The summed E-state index contributed by atoms with van der Waals surface area (Å²) < 4.78 is 17.7. The molecule has 0 radical (unpaired) electrons. The molecule has 3 N–H and O–H groups in total. The molecule has 1 aliphatic heterocycles. The van der Waals surface area contributed by atoms with Crippen LogP contribution in [0.3, 0.4) is 0 Å². The third-order valence-electron chi connectivity index (χ3n) is 6.14. The van der Waals surface area contributed by atoms with E-state index in [0.717, 1.165) is 11.3 Å². The van der Waals surface area contributed by atoms with E-state index < -0.39 is 18.2 Å². The van der Waals surface area contributed by atoms with Gasteiger partial charge in [0.25, 0.3) is 5.91 Å². The number of carbonyl (C=O) groups excluding carboxylic acids is 1. The fraction of sp³-hybridized carbons (Fsp3) is 0.435. The van der Waals surface area contributed by atoms with Crippen molar-refractivity contribution in [3.8, 4) is 22.7 Å². The highest BCUT2D eigenvalue weighted by Gasteiger charge is 2.34. The van der Waals surface area contributed by atoms with Crippen LogP contribution in [0.25, 0.3) is 11.5 Å². The number of hydrogen-bond donors (Lipinski definition) is 3. The van der Waals surface area contributed by atoms with E-state index in [-0.39, 0.29) is 27.4 Å². The number of carbonyl (C=O) groups is 2. The zero-order valence-corrected chi connectivity index (χ0v) is 22.4. The van der Waals surface area contributed by atoms with Gasteiger partial charge in [0, 0.05) is 51.9 Å². The molecule has 1 aliphatic rings. The zero-order chi connectivity index (χ0) is 27.4. The normalized spacial score (nSPS) is 17.3. The number of aromatic nitrogens is 4. The van der Waals surface area contributed by atoms with Gasteiger partial charge in [-0.25, -0.2) is 14.8 Å². The van der Waals surface area contributed by atoms with Crippen LogP contribution in [-0.2, 0) is 16.0 Å². The Hall–Kier alpha value is -3.64. The highest BCUT2D eigenvalue weighted by atomic mass is 35.5. The molecule has 1 fully saturated rings. The summed E-state index contributed by atoms with van der Waals surface area (Å²) in [6, 6.07) is 1.65. The number of thiazole rings is 1. The van der Waals surface area contributed by atoms with Gasteiger partial charge < -0.3 is 39.1 Å². The molecule has 0 spiro atoms. The van der Waals surface area contributed by atoms with Crippen molar-refractivity contribution in [2.45, 2.75) is 32.0 Å². The van der Waals surface area contributed by atoms with Crippen LogP contribution < -0.4 is 15.0 Å². The third-order valence-corrected chi connectivity index (χ3v) is 7.51. The maximum Gasteiger partial charge on any atom is 0.512 e. The molecule has 4 rings (SSSR count). The average molecular weight is 564 g/mol. The molecule has 13 nitrogen and oxygen atoms in total. The molecule has 202 valence electrons. The number of amides is 1. The van der Waals surface area contributed by atoms with Gasteiger partial charge in [0.15, 0.2) is 16.6 Å². The monoisotopic (exact) mass is 563 g/mol. The number of methoxy groups -OCH3 is 2. The second-order valence-electron chi connectivity index (χ2n) is 8.45. The summed E-state index contributed by atoms with van der Waals surface area (Å²) in [5.41, 5.74) is 1.18. The predicted octanol–water partition coefficient (Wildman–Crippen LogP) is 2.90. The van der Waals surface area contributed by atoms with Gasteiger partial charge in [-0.05, 0) is 13.3 Å². The molecule has 2 atom stereocenters. The van der Waals surface area contributed by atoms with Crippen LogP contribution in [0.1, 0.15) is 28.2 Å². The highest BCUT2D eigenvalue weighted by molar-refractivity contribution is 7.18. The topological polar surface area (TPSA) is 168 Å². The lowest BCUT2D eigenvalue weighted by Gasteiger charge is -2.37. The number of hydrogen-bond acceptors (Lipinski definition) is 10. The van der Waals surface area contributed by atoms with Crippen LogP contribution in [0.2, 0.25) is 5.02 Å². The van der Waals surface area contributed by atoms with Gasteiger partial charge in [0.2, 0.25) is 5.06 Å². The van der Waals surface area contributed by atoms with Gasteiger partial charge >= 0.3 is 6.16 Å². The van der Waals surface area contributed by atoms with E-state index >= 15 is 0 Å². The van der Waals surface area contributed by atoms with Crippen molar-refractivity contribution in [1.29, 1.82) is 5.26 Å². The number of rotatable bonds is 9. The Morgan fingerprint density at radius 1 is 1.42 bits per heavy atom. The zero-order valence-electron chi connectivity index (χ0n) is 20.9. The molecule has 0 saturated carbocycles. The van der Waals surface area contributed by atoms with Crippen LogP contribution in [0.15, 0.2) is 12.4 Å². The minimum absolute atomic E-state index is 0.0824. The van der Waals surface area contributed by atoms with Crippen LogP contribution in [0, 0.1) is 18.3 Å². The second-order valence-corrected chi connectivity index (χ2v) is 9.77. The molecule has 0 aliphatic carbocycles. The molecule has 15 heteroatoms. The van der Waals surface area contributed by atoms with Crippen molar-refractivity contribution in [2.75, 3.05) is 38.8 Å². The van der Waals surface area contributed by atoms with Crippen LogP contribution >= 0.6 is 22.9 Å². The first kappa shape index (κ1) is 27.4. The van der Waals surface area contributed by atoms with Crippen molar-refractivity contribution in [3.05, 3.63) is 34.4 Å². The number of nitrogens with zero attached hydrogens (tertiary/aromatic N) is 5. The van der Waals surface area contributed by atoms with E-state index in [9.17, 15) is 20.0 Å². The number of aryl methyl sites for hydroxylation is 1. The second kappa shape index (κ2) is 11.8. The molecule has 0 unspecified atom stereocenters. The van der Waals surface area contributed by atoms with Gasteiger partial charge in [-0.15, -0.1) is 0 Å². The number of H-pyrrole nitrogens is 1. The number of nitriles is 1. The first-order valence-electron chi connectivity index (χ1n) is 11.6. The lowest BCUT2D eigenvalue weighted by Crippen LogP contribution is -2.55. The molecular formula is C23H26ClN7O6S. The van der Waals surface area contributed by atoms with Gasteiger partial charge in [0.1, 0.15) is 11.8 Å². The molecule has 38 heavy (non-hydrogen) atoms. The summed E-state index contributed by atoms with van der Waals surface area (Å²) in [5, 5.41) is 22.2. The highest BCUT2D eigenvalue weighted by Crippen LogP contribution is 2.40. The number of aromatic amines is 1. The van der Waals surface area contributed by atoms with Crippen molar-refractivity contribution < 1.29 is 28.9 Å². The third kappa shape index (κ3) is 5.60. The summed E-state index contributed by atoms with van der Waals surface area (Å²) in [7, 11) is 3.14. The van der Waals surface area contributed by atoms with Gasteiger partial charge in [-0.3, -0.25) is 4.79 Å². The van der Waals surface area contributed by atoms with Crippen molar-refractivity contribution >= 4 is 40.1 Å². The van der Waals surface area contributed by atoms with E-state index in [1.807, 2.05) is 15.5 Å². The van der Waals surface area contributed by atoms with Crippen molar-refractivity contribution in [1.82, 2.24) is 24.8 Å². The maximum atomic E-state index is 12.9. The van der Waals surface area contributed by atoms with Crippen LogP contribution in [0.5, 0.6) is 5.06 Å². The number of piperidine rings is 1. The van der Waals surface area contributed by atoms with Crippen LogP contribution in [0.4, 0.5) is 9.93 Å². The average Bonchev–Trinajstić information content (AvgIpc) is 3.59. The number of imidazole rings is 1. The molecule has 4 heterocycles. The Bertz CT molecular complexity index is 1360. The van der Waals surface area contributed by atoms with E-state index in [4.69, 9.17) is 25.8 Å². The van der Waals surface area contributed by atoms with Crippen molar-refractivity contribution in [3.63, 3.8) is 0 Å². The summed E-state index contributed by atoms with van der Waals surface area (Å²) >= 11 is 7.31. The minimum atomic E-state index is -1.45. The molecule has 1 saturated heterocycles. The number of halogens is 1. The Morgan fingerprint density at radius 2 is 2.21 bits per heavy atom. The SMILES string of the molecule is COCCn1ccnc1-c1nc(N2CC[C@@H](NC(=O)c3[nH]c(C)c(C#N)c3Cl)[C@@H](OC)C2)sc1OC(=O)O. The van der Waals surface area contributed by atoms with Crippen LogP contribution in [-0.4, -0.2) is 82.7 Å². The molecule has 0 bridgehead atoms. The largest absolute Gasteiger partial charge is 0.512 e. The van der Waals surface area contributed by atoms with Gasteiger partial charge in [-0.1, -0.05) is 22.9 Å². The van der Waals surface area contributed by atoms with E-state index in [1.165, 1.54) is 0 Å². The van der Waals surface area contributed by atoms with E-state index in [0.29, 0.717) is 55.0 Å². The molecule has 0 aromatic carbocycles. The smallest absolute Gasteiger partial charge is 0.449 e. The predicted molar refractivity (Wildman–Crippen MR) is 138 cm³/mol.